The van der Waals surface area contributed by atoms with Crippen molar-refractivity contribution in [3.8, 4) is 5.75 Å². The Bertz CT molecular complexity index is 732. The molecule has 6 heteroatoms. The van der Waals surface area contributed by atoms with Crippen molar-refractivity contribution in [2.75, 3.05) is 17.7 Å². The minimum Gasteiger partial charge on any atom is -0.493 e. The van der Waals surface area contributed by atoms with Gasteiger partial charge in [0.05, 0.1) is 17.5 Å². The molecule has 0 radical (unpaired) electrons. The number of halogens is 2. The zero-order chi connectivity index (χ0) is 18.4. The van der Waals surface area contributed by atoms with Crippen LogP contribution in [0.15, 0.2) is 36.4 Å². The van der Waals surface area contributed by atoms with Gasteiger partial charge in [-0.1, -0.05) is 6.07 Å². The van der Waals surface area contributed by atoms with Gasteiger partial charge in [-0.2, -0.15) is 0 Å². The topological polar surface area (TPSA) is 38.3 Å². The summed E-state index contributed by atoms with van der Waals surface area (Å²) in [4.78, 5) is 12.1. The van der Waals surface area contributed by atoms with E-state index >= 15 is 0 Å². The lowest BCUT2D eigenvalue weighted by atomic mass is 10.1. The first-order valence-electron chi connectivity index (χ1n) is 7.94. The molecule has 0 aliphatic carbocycles. The summed E-state index contributed by atoms with van der Waals surface area (Å²) in [5, 5.41) is 2.09. The summed E-state index contributed by atoms with van der Waals surface area (Å²) >= 11 is 1.41. The van der Waals surface area contributed by atoms with Crippen molar-refractivity contribution >= 4 is 23.4 Å². The van der Waals surface area contributed by atoms with Crippen molar-refractivity contribution in [1.29, 1.82) is 0 Å². The van der Waals surface area contributed by atoms with E-state index in [-0.39, 0.29) is 16.8 Å². The molecule has 0 bridgehead atoms. The number of nitrogens with one attached hydrogen (secondary N) is 1. The molecule has 2 rings (SSSR count). The minimum absolute atomic E-state index is 0.0228. The standard InChI is InChI=1S/C19H21F2NO2S/c1-12-8-13(2)10-16(9-12)24-6-7-25-14(3)19(23)22-18-5-4-15(20)11-17(18)21/h4-5,8-11,14H,6-7H2,1-3H3,(H,22,23). The average molecular weight is 365 g/mol. The van der Waals surface area contributed by atoms with Gasteiger partial charge in [-0.05, 0) is 56.2 Å². The number of carbonyl (C=O) groups excluding carboxylic acids is 1. The minimum atomic E-state index is -0.788. The maximum absolute atomic E-state index is 13.6. The number of benzene rings is 2. The van der Waals surface area contributed by atoms with Crippen molar-refractivity contribution < 1.29 is 18.3 Å². The van der Waals surface area contributed by atoms with Gasteiger partial charge in [0.15, 0.2) is 0 Å². The third-order valence-electron chi connectivity index (χ3n) is 3.47. The van der Waals surface area contributed by atoms with Crippen LogP contribution in [0.25, 0.3) is 0 Å². The predicted molar refractivity (Wildman–Crippen MR) is 98.3 cm³/mol. The molecule has 0 aliphatic rings. The maximum atomic E-state index is 13.6. The Balaban J connectivity index is 1.77. The number of hydrogen-bond donors (Lipinski definition) is 1. The molecule has 0 aliphatic heterocycles. The van der Waals surface area contributed by atoms with Gasteiger partial charge in [-0.15, -0.1) is 11.8 Å². The number of aryl methyl sites for hydroxylation is 2. The molecule has 1 amide bonds. The van der Waals surface area contributed by atoms with E-state index in [1.807, 2.05) is 26.0 Å². The van der Waals surface area contributed by atoms with Gasteiger partial charge in [0.25, 0.3) is 0 Å². The number of anilines is 1. The van der Waals surface area contributed by atoms with Crippen molar-refractivity contribution in [1.82, 2.24) is 0 Å². The summed E-state index contributed by atoms with van der Waals surface area (Å²) in [6.07, 6.45) is 0. The fraction of sp³-hybridized carbons (Fsp3) is 0.316. The van der Waals surface area contributed by atoms with Crippen molar-refractivity contribution in [2.24, 2.45) is 0 Å². The third kappa shape index (κ3) is 6.05. The lowest BCUT2D eigenvalue weighted by Gasteiger charge is -2.13. The van der Waals surface area contributed by atoms with Crippen molar-refractivity contribution in [2.45, 2.75) is 26.0 Å². The van der Waals surface area contributed by atoms with Gasteiger partial charge >= 0.3 is 0 Å². The molecule has 0 saturated carbocycles. The van der Waals surface area contributed by atoms with E-state index in [0.717, 1.165) is 29.0 Å². The Labute approximate surface area is 150 Å². The largest absolute Gasteiger partial charge is 0.493 e. The molecule has 0 heterocycles. The predicted octanol–water partition coefficient (Wildman–Crippen LogP) is 4.72. The Morgan fingerprint density at radius 1 is 1.16 bits per heavy atom. The van der Waals surface area contributed by atoms with Gasteiger partial charge in [0, 0.05) is 11.8 Å². The highest BCUT2D eigenvalue weighted by molar-refractivity contribution is 8.00. The van der Waals surface area contributed by atoms with E-state index in [0.29, 0.717) is 12.4 Å². The molecule has 1 atom stereocenters. The first-order chi connectivity index (χ1) is 11.8. The van der Waals surface area contributed by atoms with Crippen molar-refractivity contribution in [3.05, 3.63) is 59.2 Å². The fourth-order valence-electron chi connectivity index (χ4n) is 2.30. The second kappa shape index (κ2) is 8.85. The normalized spacial score (nSPS) is 11.9. The molecule has 134 valence electrons. The van der Waals surface area contributed by atoms with E-state index in [1.54, 1.807) is 6.92 Å². The molecular formula is C19H21F2NO2S. The summed E-state index contributed by atoms with van der Waals surface area (Å²) in [6, 6.07) is 9.06. The van der Waals surface area contributed by atoms with E-state index in [1.165, 1.54) is 17.8 Å². The Hall–Kier alpha value is -2.08. The number of rotatable bonds is 7. The molecule has 0 aromatic heterocycles. The fourth-order valence-corrected chi connectivity index (χ4v) is 3.04. The van der Waals surface area contributed by atoms with Crippen LogP contribution in [-0.4, -0.2) is 23.5 Å². The molecule has 25 heavy (non-hydrogen) atoms. The highest BCUT2D eigenvalue weighted by Crippen LogP contribution is 2.19. The molecule has 0 fully saturated rings. The Morgan fingerprint density at radius 3 is 2.48 bits per heavy atom. The highest BCUT2D eigenvalue weighted by atomic mass is 32.2. The smallest absolute Gasteiger partial charge is 0.237 e. The zero-order valence-electron chi connectivity index (χ0n) is 14.4. The van der Waals surface area contributed by atoms with Crippen LogP contribution < -0.4 is 10.1 Å². The summed E-state index contributed by atoms with van der Waals surface area (Å²) in [6.45, 7) is 6.22. The highest BCUT2D eigenvalue weighted by Gasteiger charge is 2.15. The maximum Gasteiger partial charge on any atom is 0.237 e. The van der Waals surface area contributed by atoms with E-state index < -0.39 is 11.6 Å². The Kier molecular flexibility index (Phi) is 6.82. The van der Waals surface area contributed by atoms with Crippen LogP contribution in [0.5, 0.6) is 5.75 Å². The number of ether oxygens (including phenoxy) is 1. The summed E-state index contributed by atoms with van der Waals surface area (Å²) in [5.41, 5.74) is 2.25. The van der Waals surface area contributed by atoms with Crippen LogP contribution in [0.3, 0.4) is 0 Å². The first-order valence-corrected chi connectivity index (χ1v) is 8.98. The van der Waals surface area contributed by atoms with Gasteiger partial charge in [0.1, 0.15) is 17.4 Å². The van der Waals surface area contributed by atoms with E-state index in [4.69, 9.17) is 4.74 Å². The number of hydrogen-bond acceptors (Lipinski definition) is 3. The van der Waals surface area contributed by atoms with Crippen LogP contribution in [0, 0.1) is 25.5 Å². The van der Waals surface area contributed by atoms with Gasteiger partial charge in [-0.3, -0.25) is 4.79 Å². The number of amides is 1. The van der Waals surface area contributed by atoms with Gasteiger partial charge in [-0.25, -0.2) is 8.78 Å². The summed E-state index contributed by atoms with van der Waals surface area (Å²) in [7, 11) is 0. The monoisotopic (exact) mass is 365 g/mol. The molecule has 0 spiro atoms. The number of carbonyl (C=O) groups is 1. The lowest BCUT2D eigenvalue weighted by molar-refractivity contribution is -0.115. The summed E-state index contributed by atoms with van der Waals surface area (Å²) in [5.74, 6) is -0.372. The lowest BCUT2D eigenvalue weighted by Crippen LogP contribution is -2.24. The molecule has 3 nitrogen and oxygen atoms in total. The van der Waals surface area contributed by atoms with Crippen LogP contribution >= 0.6 is 11.8 Å². The van der Waals surface area contributed by atoms with Gasteiger partial charge < -0.3 is 10.1 Å². The second-order valence-electron chi connectivity index (χ2n) is 5.80. The second-order valence-corrected chi connectivity index (χ2v) is 7.25. The Morgan fingerprint density at radius 2 is 1.84 bits per heavy atom. The summed E-state index contributed by atoms with van der Waals surface area (Å²) < 4.78 is 32.1. The SMILES string of the molecule is Cc1cc(C)cc(OCCSC(C)C(=O)Nc2ccc(F)cc2F)c1. The van der Waals surface area contributed by atoms with E-state index in [2.05, 4.69) is 11.4 Å². The van der Waals surface area contributed by atoms with Crippen LogP contribution in [0.2, 0.25) is 0 Å². The average Bonchev–Trinajstić information content (AvgIpc) is 2.53. The quantitative estimate of drug-likeness (QED) is 0.722. The molecule has 1 unspecified atom stereocenters. The van der Waals surface area contributed by atoms with Crippen LogP contribution in [-0.2, 0) is 4.79 Å². The zero-order valence-corrected chi connectivity index (χ0v) is 15.3. The molecule has 1 N–H and O–H groups in total. The molecule has 2 aromatic rings. The molecule has 2 aromatic carbocycles. The number of thioether (sulfide) groups is 1. The van der Waals surface area contributed by atoms with Crippen LogP contribution in [0.4, 0.5) is 14.5 Å². The van der Waals surface area contributed by atoms with E-state index in [9.17, 15) is 13.6 Å². The molecule has 0 saturated heterocycles. The van der Waals surface area contributed by atoms with Crippen LogP contribution in [0.1, 0.15) is 18.1 Å². The molecular weight excluding hydrogens is 344 g/mol. The van der Waals surface area contributed by atoms with Gasteiger partial charge in [0.2, 0.25) is 5.91 Å². The third-order valence-corrected chi connectivity index (χ3v) is 4.59. The van der Waals surface area contributed by atoms with Crippen molar-refractivity contribution in [3.63, 3.8) is 0 Å². The first kappa shape index (κ1) is 19.2.